The molecule has 1 aromatic carbocycles. The minimum atomic E-state index is -0.537. The summed E-state index contributed by atoms with van der Waals surface area (Å²) < 4.78 is 0.767. The zero-order chi connectivity index (χ0) is 14.5. The van der Waals surface area contributed by atoms with Gasteiger partial charge in [0.2, 0.25) is 0 Å². The summed E-state index contributed by atoms with van der Waals surface area (Å²) in [4.78, 5) is 13.0. The Hall–Kier alpha value is -1.17. The maximum absolute atomic E-state index is 12.1. The van der Waals surface area contributed by atoms with E-state index in [0.717, 1.165) is 9.35 Å². The Morgan fingerprint density at radius 3 is 2.75 bits per heavy atom. The summed E-state index contributed by atoms with van der Waals surface area (Å²) in [5.41, 5.74) is 0.602. The number of halogens is 1. The molecule has 0 aliphatic heterocycles. The normalized spacial score (nSPS) is 13.8. The summed E-state index contributed by atoms with van der Waals surface area (Å²) in [7, 11) is 0. The fourth-order valence-electron chi connectivity index (χ4n) is 1.94. The lowest BCUT2D eigenvalue weighted by Gasteiger charge is -2.17. The Bertz CT molecular complexity index is 571. The van der Waals surface area contributed by atoms with E-state index in [-0.39, 0.29) is 11.9 Å². The van der Waals surface area contributed by atoms with Gasteiger partial charge < -0.3 is 10.4 Å². The average Bonchev–Trinajstić information content (AvgIpc) is 2.92. The number of aliphatic hydroxyl groups excluding tert-OH is 1. The highest BCUT2D eigenvalue weighted by molar-refractivity contribution is 9.10. The maximum Gasteiger partial charge on any atom is 0.252 e. The van der Waals surface area contributed by atoms with Crippen LogP contribution in [0.4, 0.5) is 0 Å². The minimum absolute atomic E-state index is 0.105. The monoisotopic (exact) mass is 353 g/mol. The lowest BCUT2D eigenvalue weighted by atomic mass is 10.1. The molecule has 0 unspecified atom stereocenters. The molecule has 0 radical (unpaired) electrons. The predicted octanol–water partition coefficient (Wildman–Crippen LogP) is 3.75. The highest BCUT2D eigenvalue weighted by Crippen LogP contribution is 2.23. The number of nitrogens with one attached hydrogen (secondary N) is 1. The van der Waals surface area contributed by atoms with Crippen molar-refractivity contribution in [2.24, 2.45) is 0 Å². The van der Waals surface area contributed by atoms with Crippen molar-refractivity contribution in [3.05, 3.63) is 56.7 Å². The topological polar surface area (TPSA) is 49.3 Å². The van der Waals surface area contributed by atoms with Crippen LogP contribution in [0.3, 0.4) is 0 Å². The van der Waals surface area contributed by atoms with E-state index in [0.29, 0.717) is 12.0 Å². The molecule has 0 spiro atoms. The summed E-state index contributed by atoms with van der Waals surface area (Å²) in [6.45, 7) is 1.89. The highest BCUT2D eigenvalue weighted by atomic mass is 79.9. The summed E-state index contributed by atoms with van der Waals surface area (Å²) in [6, 6.07) is 11.0. The van der Waals surface area contributed by atoms with E-state index in [1.807, 2.05) is 42.6 Å². The third-order valence-electron chi connectivity index (χ3n) is 2.94. The second-order valence-electron chi connectivity index (χ2n) is 4.62. The van der Waals surface area contributed by atoms with E-state index < -0.39 is 6.10 Å². The van der Waals surface area contributed by atoms with Gasteiger partial charge in [0.1, 0.15) is 0 Å². The largest absolute Gasteiger partial charge is 0.387 e. The van der Waals surface area contributed by atoms with Crippen molar-refractivity contribution in [2.45, 2.75) is 25.5 Å². The van der Waals surface area contributed by atoms with E-state index in [9.17, 15) is 9.90 Å². The van der Waals surface area contributed by atoms with Crippen molar-refractivity contribution in [3.8, 4) is 0 Å². The van der Waals surface area contributed by atoms with Gasteiger partial charge in [0, 0.05) is 15.4 Å². The quantitative estimate of drug-likeness (QED) is 0.859. The van der Waals surface area contributed by atoms with Crippen LogP contribution in [0.5, 0.6) is 0 Å². The van der Waals surface area contributed by atoms with Crippen LogP contribution in [-0.2, 0) is 0 Å². The molecule has 0 aliphatic rings. The molecule has 2 aromatic rings. The fourth-order valence-corrected chi connectivity index (χ4v) is 3.13. The standard InChI is InChI=1S/C15H16BrNO2S/c1-10(9-13(18)14-7-4-8-20-14)17-15(19)11-5-2-3-6-12(11)16/h2-8,10,13,18H,9H2,1H3,(H,17,19)/t10-,13-/m0/s1. The fraction of sp³-hybridized carbons (Fsp3) is 0.267. The molecule has 1 aromatic heterocycles. The molecule has 2 atom stereocenters. The summed E-state index contributed by atoms with van der Waals surface area (Å²) in [6.07, 6.45) is -0.0408. The number of hydrogen-bond donors (Lipinski definition) is 2. The maximum atomic E-state index is 12.1. The first-order valence-electron chi connectivity index (χ1n) is 6.35. The van der Waals surface area contributed by atoms with Crippen molar-refractivity contribution in [1.29, 1.82) is 0 Å². The molecule has 0 aliphatic carbocycles. The number of amides is 1. The molecular weight excluding hydrogens is 338 g/mol. The molecule has 1 amide bonds. The third-order valence-corrected chi connectivity index (χ3v) is 4.61. The zero-order valence-electron chi connectivity index (χ0n) is 11.0. The number of carbonyl (C=O) groups excluding carboxylic acids is 1. The van der Waals surface area contributed by atoms with Crippen molar-refractivity contribution in [2.75, 3.05) is 0 Å². The molecule has 0 saturated carbocycles. The van der Waals surface area contributed by atoms with Gasteiger partial charge in [0.05, 0.1) is 11.7 Å². The number of hydrogen-bond acceptors (Lipinski definition) is 3. The lowest BCUT2D eigenvalue weighted by Crippen LogP contribution is -2.33. The van der Waals surface area contributed by atoms with Crippen molar-refractivity contribution < 1.29 is 9.90 Å². The van der Waals surface area contributed by atoms with Crippen LogP contribution in [-0.4, -0.2) is 17.1 Å². The number of carbonyl (C=O) groups is 1. The van der Waals surface area contributed by atoms with Gasteiger partial charge in [-0.1, -0.05) is 18.2 Å². The van der Waals surface area contributed by atoms with Crippen molar-refractivity contribution in [3.63, 3.8) is 0 Å². The molecule has 2 N–H and O–H groups in total. The minimum Gasteiger partial charge on any atom is -0.387 e. The highest BCUT2D eigenvalue weighted by Gasteiger charge is 2.16. The molecular formula is C15H16BrNO2S. The second-order valence-corrected chi connectivity index (χ2v) is 6.45. The van der Waals surface area contributed by atoms with Crippen LogP contribution >= 0.6 is 27.3 Å². The van der Waals surface area contributed by atoms with E-state index in [1.54, 1.807) is 6.07 Å². The molecule has 0 saturated heterocycles. The van der Waals surface area contributed by atoms with E-state index in [2.05, 4.69) is 21.2 Å². The SMILES string of the molecule is C[C@@H](C[C@H](O)c1cccs1)NC(=O)c1ccccc1Br. The number of rotatable bonds is 5. The molecule has 2 rings (SSSR count). The molecule has 5 heteroatoms. The van der Waals surface area contributed by atoms with Gasteiger partial charge >= 0.3 is 0 Å². The number of benzene rings is 1. The Morgan fingerprint density at radius 1 is 1.35 bits per heavy atom. The molecule has 106 valence electrons. The van der Waals surface area contributed by atoms with Gasteiger partial charge in [0.15, 0.2) is 0 Å². The van der Waals surface area contributed by atoms with Gasteiger partial charge in [-0.25, -0.2) is 0 Å². The van der Waals surface area contributed by atoms with Crippen molar-refractivity contribution in [1.82, 2.24) is 5.32 Å². The number of thiophene rings is 1. The third kappa shape index (κ3) is 3.91. The zero-order valence-corrected chi connectivity index (χ0v) is 13.4. The first-order valence-corrected chi connectivity index (χ1v) is 8.02. The molecule has 20 heavy (non-hydrogen) atoms. The van der Waals surface area contributed by atoms with Crippen LogP contribution in [0.2, 0.25) is 0 Å². The number of aliphatic hydroxyl groups is 1. The van der Waals surface area contributed by atoms with Crippen LogP contribution in [0.15, 0.2) is 46.3 Å². The van der Waals surface area contributed by atoms with Crippen LogP contribution in [0.25, 0.3) is 0 Å². The van der Waals surface area contributed by atoms with Gasteiger partial charge in [-0.15, -0.1) is 11.3 Å². The first kappa shape index (κ1) is 15.2. The Labute approximate surface area is 130 Å². The Balaban J connectivity index is 1.93. The molecule has 0 fully saturated rings. The molecule has 1 heterocycles. The average molecular weight is 354 g/mol. The van der Waals surface area contributed by atoms with E-state index in [4.69, 9.17) is 0 Å². The Kier molecular flexibility index (Phi) is 5.34. The second kappa shape index (κ2) is 7.02. The summed E-state index contributed by atoms with van der Waals surface area (Å²) in [5.74, 6) is -0.136. The lowest BCUT2D eigenvalue weighted by molar-refractivity contribution is 0.0917. The van der Waals surface area contributed by atoms with Crippen LogP contribution in [0, 0.1) is 0 Å². The van der Waals surface area contributed by atoms with Gasteiger partial charge in [-0.3, -0.25) is 4.79 Å². The summed E-state index contributed by atoms with van der Waals surface area (Å²) >= 11 is 4.88. The van der Waals surface area contributed by atoms with E-state index >= 15 is 0 Å². The first-order chi connectivity index (χ1) is 9.58. The van der Waals surface area contributed by atoms with E-state index in [1.165, 1.54) is 11.3 Å². The smallest absolute Gasteiger partial charge is 0.252 e. The van der Waals surface area contributed by atoms with Crippen LogP contribution in [0.1, 0.15) is 34.7 Å². The Morgan fingerprint density at radius 2 is 2.10 bits per heavy atom. The predicted molar refractivity (Wildman–Crippen MR) is 85.0 cm³/mol. The van der Waals surface area contributed by atoms with Gasteiger partial charge in [0.25, 0.3) is 5.91 Å². The summed E-state index contributed by atoms with van der Waals surface area (Å²) in [5, 5.41) is 14.9. The molecule has 0 bridgehead atoms. The van der Waals surface area contributed by atoms with Crippen LogP contribution < -0.4 is 5.32 Å². The molecule has 3 nitrogen and oxygen atoms in total. The van der Waals surface area contributed by atoms with Gasteiger partial charge in [-0.05, 0) is 52.9 Å². The van der Waals surface area contributed by atoms with Crippen molar-refractivity contribution >= 4 is 33.2 Å². The van der Waals surface area contributed by atoms with Gasteiger partial charge in [-0.2, -0.15) is 0 Å².